The topological polar surface area (TPSA) is 60.5 Å². The van der Waals surface area contributed by atoms with Crippen LogP contribution in [0.15, 0.2) is 42.6 Å². The summed E-state index contributed by atoms with van der Waals surface area (Å²) in [6, 6.07) is 12.1. The van der Waals surface area contributed by atoms with Gasteiger partial charge >= 0.3 is 0 Å². The Morgan fingerprint density at radius 1 is 1.14 bits per heavy atom. The summed E-state index contributed by atoms with van der Waals surface area (Å²) in [4.78, 5) is 21.1. The van der Waals surface area contributed by atoms with Crippen molar-refractivity contribution < 1.29 is 4.79 Å². The van der Waals surface area contributed by atoms with Crippen LogP contribution in [0.1, 0.15) is 36.5 Å². The molecule has 1 fully saturated rings. The van der Waals surface area contributed by atoms with E-state index in [0.717, 1.165) is 43.5 Å². The molecule has 156 valence electrons. The lowest BCUT2D eigenvalue weighted by atomic mass is 9.99. The largest absolute Gasteiger partial charge is 0.372 e. The highest BCUT2D eigenvalue weighted by molar-refractivity contribution is 5.94. The fourth-order valence-corrected chi connectivity index (χ4v) is 3.47. The first-order valence-corrected chi connectivity index (χ1v) is 10.5. The van der Waals surface area contributed by atoms with Gasteiger partial charge in [-0.15, -0.1) is 0 Å². The molecule has 1 amide bonds. The van der Waals surface area contributed by atoms with Crippen LogP contribution in [0.5, 0.6) is 0 Å². The third kappa shape index (κ3) is 6.46. The van der Waals surface area contributed by atoms with Gasteiger partial charge in [0.05, 0.1) is 5.56 Å². The second-order valence-corrected chi connectivity index (χ2v) is 8.19. The SMILES string of the molecule is CC1CCN(c2ccc(Nc3ccc(C(=O)NCCCN(C)C)cn3)cc2)CC1. The molecule has 0 saturated carbocycles. The molecule has 2 aromatic rings. The first kappa shape index (κ1) is 21.1. The molecular formula is C23H33N5O. The fourth-order valence-electron chi connectivity index (χ4n) is 3.47. The first-order valence-electron chi connectivity index (χ1n) is 10.5. The summed E-state index contributed by atoms with van der Waals surface area (Å²) in [5.41, 5.74) is 2.85. The Hall–Kier alpha value is -2.60. The number of nitrogens with zero attached hydrogens (tertiary/aromatic N) is 3. The fraction of sp³-hybridized carbons (Fsp3) is 0.478. The van der Waals surface area contributed by atoms with Crippen molar-refractivity contribution in [3.63, 3.8) is 0 Å². The van der Waals surface area contributed by atoms with Gasteiger partial charge in [0.15, 0.2) is 0 Å². The molecule has 6 heteroatoms. The minimum atomic E-state index is -0.0805. The number of pyridine rings is 1. The molecule has 6 nitrogen and oxygen atoms in total. The van der Waals surface area contributed by atoms with Crippen molar-refractivity contribution in [1.29, 1.82) is 0 Å². The quantitative estimate of drug-likeness (QED) is 0.667. The Morgan fingerprint density at radius 2 is 1.86 bits per heavy atom. The highest BCUT2D eigenvalue weighted by Crippen LogP contribution is 2.25. The van der Waals surface area contributed by atoms with Crippen molar-refractivity contribution in [3.05, 3.63) is 48.2 Å². The van der Waals surface area contributed by atoms with Gasteiger partial charge in [-0.1, -0.05) is 6.92 Å². The molecule has 0 radical (unpaired) electrons. The number of benzene rings is 1. The Morgan fingerprint density at radius 3 is 2.48 bits per heavy atom. The molecule has 0 unspecified atom stereocenters. The average Bonchev–Trinajstić information content (AvgIpc) is 2.73. The molecule has 1 aromatic heterocycles. The molecule has 0 bridgehead atoms. The summed E-state index contributed by atoms with van der Waals surface area (Å²) in [6.45, 7) is 6.22. The Balaban J connectivity index is 1.49. The van der Waals surface area contributed by atoms with E-state index in [0.29, 0.717) is 12.1 Å². The van der Waals surface area contributed by atoms with Gasteiger partial charge < -0.3 is 20.4 Å². The summed E-state index contributed by atoms with van der Waals surface area (Å²) in [5, 5.41) is 6.24. The molecule has 0 aliphatic carbocycles. The van der Waals surface area contributed by atoms with E-state index in [1.54, 1.807) is 12.3 Å². The maximum Gasteiger partial charge on any atom is 0.252 e. The van der Waals surface area contributed by atoms with Gasteiger partial charge in [0.25, 0.3) is 5.91 Å². The number of aromatic nitrogens is 1. The Kier molecular flexibility index (Phi) is 7.47. The van der Waals surface area contributed by atoms with Gasteiger partial charge in [-0.05, 0) is 82.2 Å². The highest BCUT2D eigenvalue weighted by atomic mass is 16.1. The number of carbonyl (C=O) groups excluding carboxylic acids is 1. The van der Waals surface area contributed by atoms with Crippen LogP contribution in [0.3, 0.4) is 0 Å². The van der Waals surface area contributed by atoms with E-state index < -0.39 is 0 Å². The second-order valence-electron chi connectivity index (χ2n) is 8.19. The lowest BCUT2D eigenvalue weighted by Gasteiger charge is -2.32. The van der Waals surface area contributed by atoms with Crippen molar-refractivity contribution in [2.24, 2.45) is 5.92 Å². The highest BCUT2D eigenvalue weighted by Gasteiger charge is 2.15. The maximum atomic E-state index is 12.2. The van der Waals surface area contributed by atoms with E-state index in [-0.39, 0.29) is 5.91 Å². The van der Waals surface area contributed by atoms with E-state index in [1.165, 1.54) is 18.5 Å². The van der Waals surface area contributed by atoms with Crippen molar-refractivity contribution in [3.8, 4) is 0 Å². The van der Waals surface area contributed by atoms with Gasteiger partial charge in [0.2, 0.25) is 0 Å². The van der Waals surface area contributed by atoms with Crippen LogP contribution in [0.25, 0.3) is 0 Å². The Labute approximate surface area is 174 Å². The maximum absolute atomic E-state index is 12.2. The predicted octanol–water partition coefficient (Wildman–Crippen LogP) is 3.74. The minimum absolute atomic E-state index is 0.0805. The minimum Gasteiger partial charge on any atom is -0.372 e. The zero-order chi connectivity index (χ0) is 20.6. The molecule has 1 aromatic carbocycles. The summed E-state index contributed by atoms with van der Waals surface area (Å²) < 4.78 is 0. The molecular weight excluding hydrogens is 362 g/mol. The van der Waals surface area contributed by atoms with E-state index in [2.05, 4.69) is 56.6 Å². The summed E-state index contributed by atoms with van der Waals surface area (Å²) >= 11 is 0. The number of rotatable bonds is 8. The van der Waals surface area contributed by atoms with Crippen molar-refractivity contribution in [2.75, 3.05) is 50.5 Å². The summed E-state index contributed by atoms with van der Waals surface area (Å²) in [5.74, 6) is 1.48. The predicted molar refractivity (Wildman–Crippen MR) is 120 cm³/mol. The molecule has 29 heavy (non-hydrogen) atoms. The average molecular weight is 396 g/mol. The van der Waals surface area contributed by atoms with E-state index in [9.17, 15) is 4.79 Å². The molecule has 1 aliphatic heterocycles. The number of carbonyl (C=O) groups is 1. The number of anilines is 3. The zero-order valence-corrected chi connectivity index (χ0v) is 17.8. The smallest absolute Gasteiger partial charge is 0.252 e. The number of hydrogen-bond donors (Lipinski definition) is 2. The van der Waals surface area contributed by atoms with Crippen molar-refractivity contribution >= 4 is 23.1 Å². The standard InChI is InChI=1S/C23H33N5O/c1-18-11-15-28(16-12-18)21-8-6-20(7-9-21)26-22-10-5-19(17-25-22)23(29)24-13-4-14-27(2)3/h5-10,17-18H,4,11-16H2,1-3H3,(H,24,29)(H,25,26). The number of piperidine rings is 1. The monoisotopic (exact) mass is 395 g/mol. The van der Waals surface area contributed by atoms with Crippen LogP contribution >= 0.6 is 0 Å². The Bertz CT molecular complexity index is 765. The molecule has 3 rings (SSSR count). The van der Waals surface area contributed by atoms with Crippen LogP contribution in [-0.2, 0) is 0 Å². The normalized spacial score (nSPS) is 14.8. The van der Waals surface area contributed by atoms with Crippen LogP contribution in [0.4, 0.5) is 17.2 Å². The lowest BCUT2D eigenvalue weighted by molar-refractivity contribution is 0.0952. The molecule has 2 heterocycles. The van der Waals surface area contributed by atoms with E-state index in [1.807, 2.05) is 20.2 Å². The summed E-state index contributed by atoms with van der Waals surface area (Å²) in [6.07, 6.45) is 5.07. The lowest BCUT2D eigenvalue weighted by Crippen LogP contribution is -2.32. The zero-order valence-electron chi connectivity index (χ0n) is 17.8. The van der Waals surface area contributed by atoms with E-state index >= 15 is 0 Å². The van der Waals surface area contributed by atoms with Gasteiger partial charge in [-0.25, -0.2) is 4.98 Å². The number of nitrogens with one attached hydrogen (secondary N) is 2. The first-order chi connectivity index (χ1) is 14.0. The molecule has 0 atom stereocenters. The second kappa shape index (κ2) is 10.3. The van der Waals surface area contributed by atoms with Gasteiger partial charge in [-0.2, -0.15) is 0 Å². The van der Waals surface area contributed by atoms with Crippen LogP contribution in [0.2, 0.25) is 0 Å². The van der Waals surface area contributed by atoms with Crippen LogP contribution in [0, 0.1) is 5.92 Å². The number of hydrogen-bond acceptors (Lipinski definition) is 5. The van der Waals surface area contributed by atoms with Crippen molar-refractivity contribution in [2.45, 2.75) is 26.2 Å². The molecule has 1 saturated heterocycles. The van der Waals surface area contributed by atoms with Gasteiger partial charge in [0, 0.05) is 37.2 Å². The number of amides is 1. The third-order valence-electron chi connectivity index (χ3n) is 5.38. The van der Waals surface area contributed by atoms with Gasteiger partial charge in [-0.3, -0.25) is 4.79 Å². The molecule has 0 spiro atoms. The molecule has 2 N–H and O–H groups in total. The summed E-state index contributed by atoms with van der Waals surface area (Å²) in [7, 11) is 4.05. The third-order valence-corrected chi connectivity index (χ3v) is 5.38. The van der Waals surface area contributed by atoms with Crippen LogP contribution < -0.4 is 15.5 Å². The van der Waals surface area contributed by atoms with Gasteiger partial charge in [0.1, 0.15) is 5.82 Å². The van der Waals surface area contributed by atoms with E-state index in [4.69, 9.17) is 0 Å². The van der Waals surface area contributed by atoms with Crippen molar-refractivity contribution in [1.82, 2.24) is 15.2 Å². The van der Waals surface area contributed by atoms with Crippen LogP contribution in [-0.4, -0.2) is 56.1 Å². The molecule has 1 aliphatic rings.